The van der Waals surface area contributed by atoms with Gasteiger partial charge in [0.05, 0.1) is 0 Å². The average molecular weight is 266 g/mol. The minimum atomic E-state index is -0.265. The van der Waals surface area contributed by atoms with Crippen LogP contribution >= 0.6 is 11.6 Å². The van der Waals surface area contributed by atoms with Gasteiger partial charge in [-0.05, 0) is 19.4 Å². The van der Waals surface area contributed by atoms with Gasteiger partial charge in [0.15, 0.2) is 0 Å². The lowest BCUT2D eigenvalue weighted by molar-refractivity contribution is 0.489. The monoisotopic (exact) mass is 265 g/mol. The van der Waals surface area contributed by atoms with Gasteiger partial charge in [0.1, 0.15) is 5.38 Å². The maximum Gasteiger partial charge on any atom is 0.318 e. The first-order chi connectivity index (χ1) is 8.56. The molecule has 2 rings (SSSR count). The van der Waals surface area contributed by atoms with Gasteiger partial charge in [-0.25, -0.2) is 0 Å². The Labute approximate surface area is 112 Å². The summed E-state index contributed by atoms with van der Waals surface area (Å²) in [5.41, 5.74) is 2.44. The molecule has 2 aromatic rings. The Morgan fingerprint density at radius 1 is 1.39 bits per heavy atom. The number of alkyl halides is 1. The smallest absolute Gasteiger partial charge is 0.318 e. The Balaban J connectivity index is 2.09. The fourth-order valence-corrected chi connectivity index (χ4v) is 1.78. The van der Waals surface area contributed by atoms with Crippen LogP contribution in [0.1, 0.15) is 29.3 Å². The molecule has 1 atom stereocenters. The van der Waals surface area contributed by atoms with E-state index in [0.29, 0.717) is 11.9 Å². The highest BCUT2D eigenvalue weighted by Gasteiger charge is 2.14. The van der Waals surface area contributed by atoms with E-state index in [0.717, 1.165) is 6.54 Å². The molecule has 0 N–H and O–H groups in total. The van der Waals surface area contributed by atoms with E-state index in [9.17, 15) is 0 Å². The molecule has 5 heteroatoms. The van der Waals surface area contributed by atoms with Crippen LogP contribution in [0.4, 0.5) is 6.01 Å². The minimum Gasteiger partial charge on any atom is -0.406 e. The Morgan fingerprint density at radius 3 is 2.78 bits per heavy atom. The Bertz CT molecular complexity index is 524. The number of aryl methyl sites for hydroxylation is 1. The van der Waals surface area contributed by atoms with Crippen molar-refractivity contribution in [3.63, 3.8) is 0 Å². The van der Waals surface area contributed by atoms with Gasteiger partial charge in [-0.3, -0.25) is 0 Å². The fourth-order valence-electron chi connectivity index (χ4n) is 1.69. The highest BCUT2D eigenvalue weighted by molar-refractivity contribution is 6.20. The standard InChI is InChI=1S/C13H16ClN3O/c1-9-5-4-6-11(7-9)8-17(3)13-16-15-12(18-13)10(2)14/h4-7,10H,8H2,1-3H3. The summed E-state index contributed by atoms with van der Waals surface area (Å²) in [5, 5.41) is 7.62. The summed E-state index contributed by atoms with van der Waals surface area (Å²) in [5.74, 6) is 0.447. The molecular formula is C13H16ClN3O. The van der Waals surface area contributed by atoms with Gasteiger partial charge in [-0.2, -0.15) is 0 Å². The van der Waals surface area contributed by atoms with Crippen LogP contribution in [0.3, 0.4) is 0 Å². The SMILES string of the molecule is Cc1cccc(CN(C)c2nnc(C(C)Cl)o2)c1. The van der Waals surface area contributed by atoms with E-state index < -0.39 is 0 Å². The molecule has 1 unspecified atom stereocenters. The zero-order valence-electron chi connectivity index (χ0n) is 10.7. The summed E-state index contributed by atoms with van der Waals surface area (Å²) >= 11 is 5.89. The van der Waals surface area contributed by atoms with Crippen LogP contribution < -0.4 is 4.90 Å². The Hall–Kier alpha value is -1.55. The molecule has 18 heavy (non-hydrogen) atoms. The number of nitrogens with zero attached hydrogens (tertiary/aromatic N) is 3. The molecule has 4 nitrogen and oxygen atoms in total. The van der Waals surface area contributed by atoms with E-state index in [1.165, 1.54) is 11.1 Å². The molecule has 0 bridgehead atoms. The van der Waals surface area contributed by atoms with Crippen LogP contribution in [-0.2, 0) is 6.54 Å². The van der Waals surface area contributed by atoms with E-state index in [1.807, 2.05) is 18.0 Å². The van der Waals surface area contributed by atoms with Crippen LogP contribution in [0, 0.1) is 6.92 Å². The molecule has 0 aliphatic carbocycles. The van der Waals surface area contributed by atoms with Crippen molar-refractivity contribution in [3.8, 4) is 0 Å². The van der Waals surface area contributed by atoms with Crippen molar-refractivity contribution in [2.24, 2.45) is 0 Å². The molecule has 0 amide bonds. The summed E-state index contributed by atoms with van der Waals surface area (Å²) < 4.78 is 5.48. The third kappa shape index (κ3) is 3.01. The molecule has 0 spiro atoms. The summed E-state index contributed by atoms with van der Waals surface area (Å²) in [4.78, 5) is 1.91. The molecule has 1 aromatic carbocycles. The predicted octanol–water partition coefficient (Wildman–Crippen LogP) is 3.31. The summed E-state index contributed by atoms with van der Waals surface area (Å²) in [6.07, 6.45) is 0. The van der Waals surface area contributed by atoms with Crippen molar-refractivity contribution in [1.82, 2.24) is 10.2 Å². The molecule has 1 aromatic heterocycles. The van der Waals surface area contributed by atoms with E-state index >= 15 is 0 Å². The first kappa shape index (κ1) is 12.9. The zero-order valence-corrected chi connectivity index (χ0v) is 11.5. The first-order valence-corrected chi connectivity index (χ1v) is 6.24. The second-order valence-electron chi connectivity index (χ2n) is 4.38. The summed E-state index contributed by atoms with van der Waals surface area (Å²) in [7, 11) is 1.92. The fraction of sp³-hybridized carbons (Fsp3) is 0.385. The van der Waals surface area contributed by atoms with Gasteiger partial charge in [0.25, 0.3) is 0 Å². The van der Waals surface area contributed by atoms with Crippen LogP contribution in [0.5, 0.6) is 0 Å². The molecule has 0 fully saturated rings. The zero-order chi connectivity index (χ0) is 13.1. The molecule has 96 valence electrons. The number of hydrogen-bond donors (Lipinski definition) is 0. The van der Waals surface area contributed by atoms with Gasteiger partial charge in [-0.15, -0.1) is 16.7 Å². The molecule has 0 aliphatic rings. The lowest BCUT2D eigenvalue weighted by Crippen LogP contribution is -2.16. The number of benzene rings is 1. The van der Waals surface area contributed by atoms with E-state index in [2.05, 4.69) is 35.3 Å². The average Bonchev–Trinajstić information content (AvgIpc) is 2.78. The van der Waals surface area contributed by atoms with Gasteiger partial charge >= 0.3 is 6.01 Å². The maximum atomic E-state index is 5.89. The van der Waals surface area contributed by atoms with E-state index in [4.69, 9.17) is 16.0 Å². The van der Waals surface area contributed by atoms with Crippen molar-refractivity contribution in [2.75, 3.05) is 11.9 Å². The second kappa shape index (κ2) is 5.40. The highest BCUT2D eigenvalue weighted by Crippen LogP contribution is 2.21. The predicted molar refractivity (Wildman–Crippen MR) is 71.9 cm³/mol. The summed E-state index contributed by atoms with van der Waals surface area (Å²) in [6.45, 7) is 4.60. The normalized spacial score (nSPS) is 12.4. The molecule has 0 saturated heterocycles. The van der Waals surface area contributed by atoms with Crippen molar-refractivity contribution in [3.05, 3.63) is 41.3 Å². The third-order valence-electron chi connectivity index (χ3n) is 2.60. The van der Waals surface area contributed by atoms with Gasteiger partial charge < -0.3 is 9.32 Å². The maximum absolute atomic E-state index is 5.89. The number of anilines is 1. The van der Waals surface area contributed by atoms with Crippen molar-refractivity contribution in [2.45, 2.75) is 25.8 Å². The molecule has 0 saturated carbocycles. The van der Waals surface area contributed by atoms with E-state index in [1.54, 1.807) is 6.92 Å². The minimum absolute atomic E-state index is 0.265. The molecule has 0 radical (unpaired) electrons. The lowest BCUT2D eigenvalue weighted by Gasteiger charge is -2.14. The summed E-state index contributed by atoms with van der Waals surface area (Å²) in [6, 6.07) is 8.81. The molecular weight excluding hydrogens is 250 g/mol. The molecule has 0 aliphatic heterocycles. The Kier molecular flexibility index (Phi) is 3.87. The van der Waals surface area contributed by atoms with Crippen LogP contribution in [0.15, 0.2) is 28.7 Å². The van der Waals surface area contributed by atoms with Crippen LogP contribution in [0.2, 0.25) is 0 Å². The van der Waals surface area contributed by atoms with Crippen molar-refractivity contribution >= 4 is 17.6 Å². The van der Waals surface area contributed by atoms with Crippen LogP contribution in [-0.4, -0.2) is 17.2 Å². The quantitative estimate of drug-likeness (QED) is 0.796. The molecule has 1 heterocycles. The number of halogens is 1. The van der Waals surface area contributed by atoms with Crippen molar-refractivity contribution < 1.29 is 4.42 Å². The lowest BCUT2D eigenvalue weighted by atomic mass is 10.1. The topological polar surface area (TPSA) is 42.2 Å². The van der Waals surface area contributed by atoms with Gasteiger partial charge in [0, 0.05) is 13.6 Å². The van der Waals surface area contributed by atoms with Crippen molar-refractivity contribution in [1.29, 1.82) is 0 Å². The number of rotatable bonds is 4. The van der Waals surface area contributed by atoms with Gasteiger partial charge in [0.2, 0.25) is 5.89 Å². The highest BCUT2D eigenvalue weighted by atomic mass is 35.5. The number of hydrogen-bond acceptors (Lipinski definition) is 4. The second-order valence-corrected chi connectivity index (χ2v) is 5.04. The third-order valence-corrected chi connectivity index (χ3v) is 2.79. The largest absolute Gasteiger partial charge is 0.406 e. The first-order valence-electron chi connectivity index (χ1n) is 5.80. The van der Waals surface area contributed by atoms with Gasteiger partial charge in [-0.1, -0.05) is 34.9 Å². The Morgan fingerprint density at radius 2 is 2.17 bits per heavy atom. The van der Waals surface area contributed by atoms with Crippen LogP contribution in [0.25, 0.3) is 0 Å². The number of aromatic nitrogens is 2. The van der Waals surface area contributed by atoms with E-state index in [-0.39, 0.29) is 5.38 Å².